The number of thiazole rings is 2. The standard InChI is InChI=1S/C15H7Cl2N3OS2/c16-7-5-8(17)12-11(6-7)23-15(19-12)20-13(21)14-18-9-3-1-2-4-10(9)22-14/h1-6H,(H,19,20,21). The van der Waals surface area contributed by atoms with Crippen molar-refractivity contribution in [2.45, 2.75) is 0 Å². The van der Waals surface area contributed by atoms with Gasteiger partial charge < -0.3 is 0 Å². The molecule has 0 atom stereocenters. The summed E-state index contributed by atoms with van der Waals surface area (Å²) in [4.78, 5) is 21.0. The van der Waals surface area contributed by atoms with Gasteiger partial charge in [-0.25, -0.2) is 9.97 Å². The van der Waals surface area contributed by atoms with Crippen molar-refractivity contribution in [3.63, 3.8) is 0 Å². The summed E-state index contributed by atoms with van der Waals surface area (Å²) < 4.78 is 1.79. The fraction of sp³-hybridized carbons (Fsp3) is 0. The Bertz CT molecular complexity index is 1020. The summed E-state index contributed by atoms with van der Waals surface area (Å²) in [6.45, 7) is 0. The Labute approximate surface area is 148 Å². The number of fused-ring (bicyclic) bond motifs is 2. The van der Waals surface area contributed by atoms with Gasteiger partial charge in [0.05, 0.1) is 19.9 Å². The third kappa shape index (κ3) is 2.79. The first-order valence-electron chi connectivity index (χ1n) is 6.53. The zero-order valence-electron chi connectivity index (χ0n) is 11.3. The fourth-order valence-electron chi connectivity index (χ4n) is 2.13. The summed E-state index contributed by atoms with van der Waals surface area (Å²) in [5.74, 6) is -0.285. The van der Waals surface area contributed by atoms with Crippen LogP contribution in [0.4, 0.5) is 5.13 Å². The molecule has 114 valence electrons. The molecule has 1 amide bonds. The van der Waals surface area contributed by atoms with Crippen molar-refractivity contribution >= 4 is 77.3 Å². The minimum Gasteiger partial charge on any atom is -0.296 e. The highest BCUT2D eigenvalue weighted by molar-refractivity contribution is 7.23. The number of nitrogens with zero attached hydrogens (tertiary/aromatic N) is 2. The van der Waals surface area contributed by atoms with Gasteiger partial charge in [0.1, 0.15) is 5.52 Å². The number of anilines is 1. The minimum absolute atomic E-state index is 0.285. The topological polar surface area (TPSA) is 54.9 Å². The van der Waals surface area contributed by atoms with Crippen LogP contribution in [0, 0.1) is 0 Å². The molecule has 2 aromatic heterocycles. The van der Waals surface area contributed by atoms with Crippen molar-refractivity contribution < 1.29 is 4.79 Å². The number of rotatable bonds is 2. The van der Waals surface area contributed by atoms with E-state index in [9.17, 15) is 4.79 Å². The summed E-state index contributed by atoms with van der Waals surface area (Å²) in [5.41, 5.74) is 1.43. The lowest BCUT2D eigenvalue weighted by molar-refractivity contribution is 0.102. The molecule has 0 aliphatic rings. The van der Waals surface area contributed by atoms with Gasteiger partial charge in [-0.3, -0.25) is 10.1 Å². The first-order chi connectivity index (χ1) is 11.1. The highest BCUT2D eigenvalue weighted by Gasteiger charge is 2.15. The lowest BCUT2D eigenvalue weighted by Gasteiger charge is -1.96. The number of para-hydroxylation sites is 1. The summed E-state index contributed by atoms with van der Waals surface area (Å²) >= 11 is 14.8. The van der Waals surface area contributed by atoms with Crippen molar-refractivity contribution in [3.05, 3.63) is 51.5 Å². The van der Waals surface area contributed by atoms with E-state index in [-0.39, 0.29) is 5.91 Å². The first kappa shape index (κ1) is 14.8. The second-order valence-corrected chi connectivity index (χ2v) is 7.60. The maximum Gasteiger partial charge on any atom is 0.286 e. The predicted molar refractivity (Wildman–Crippen MR) is 97.2 cm³/mol. The summed E-state index contributed by atoms with van der Waals surface area (Å²) in [6.07, 6.45) is 0. The molecule has 0 saturated carbocycles. The number of carbonyl (C=O) groups is 1. The van der Waals surface area contributed by atoms with Gasteiger partial charge in [-0.1, -0.05) is 46.7 Å². The molecule has 0 aliphatic heterocycles. The molecular weight excluding hydrogens is 373 g/mol. The van der Waals surface area contributed by atoms with E-state index < -0.39 is 0 Å². The molecule has 0 aliphatic carbocycles. The normalized spacial score (nSPS) is 11.2. The number of hydrogen-bond donors (Lipinski definition) is 1. The van der Waals surface area contributed by atoms with E-state index >= 15 is 0 Å². The molecule has 0 spiro atoms. The van der Waals surface area contributed by atoms with E-state index in [1.807, 2.05) is 24.3 Å². The average molecular weight is 380 g/mol. The van der Waals surface area contributed by atoms with Crippen LogP contribution in [0.1, 0.15) is 9.80 Å². The molecule has 23 heavy (non-hydrogen) atoms. The Kier molecular flexibility index (Phi) is 3.69. The predicted octanol–water partition coefficient (Wildman–Crippen LogP) is 5.47. The second-order valence-electron chi connectivity index (χ2n) is 4.69. The number of hydrogen-bond acceptors (Lipinski definition) is 5. The van der Waals surface area contributed by atoms with E-state index in [0.29, 0.717) is 25.7 Å². The van der Waals surface area contributed by atoms with Gasteiger partial charge in [-0.05, 0) is 24.3 Å². The van der Waals surface area contributed by atoms with E-state index in [4.69, 9.17) is 23.2 Å². The second kappa shape index (κ2) is 5.72. The molecule has 1 N–H and O–H groups in total. The molecule has 0 saturated heterocycles. The first-order valence-corrected chi connectivity index (χ1v) is 8.91. The third-order valence-electron chi connectivity index (χ3n) is 3.12. The molecule has 0 bridgehead atoms. The Morgan fingerprint density at radius 2 is 1.87 bits per heavy atom. The van der Waals surface area contributed by atoms with Crippen molar-refractivity contribution in [1.82, 2.24) is 9.97 Å². The Hall–Kier alpha value is -1.73. The SMILES string of the molecule is O=C(Nc1nc2c(Cl)cc(Cl)cc2s1)c1nc2ccccc2s1. The van der Waals surface area contributed by atoms with E-state index in [2.05, 4.69) is 15.3 Å². The van der Waals surface area contributed by atoms with Crippen LogP contribution >= 0.6 is 45.9 Å². The Morgan fingerprint density at radius 1 is 1.04 bits per heavy atom. The lowest BCUT2D eigenvalue weighted by atomic mass is 10.3. The molecule has 4 rings (SSSR count). The van der Waals surface area contributed by atoms with Crippen molar-refractivity contribution in [1.29, 1.82) is 0 Å². The largest absolute Gasteiger partial charge is 0.296 e. The summed E-state index contributed by atoms with van der Waals surface area (Å²) in [6, 6.07) is 11.0. The summed E-state index contributed by atoms with van der Waals surface area (Å²) in [5, 5.41) is 4.63. The van der Waals surface area contributed by atoms with Crippen LogP contribution in [0.2, 0.25) is 10.0 Å². The molecule has 4 nitrogen and oxygen atoms in total. The van der Waals surface area contributed by atoms with Crippen LogP contribution in [-0.4, -0.2) is 15.9 Å². The molecular formula is C15H7Cl2N3OS2. The lowest BCUT2D eigenvalue weighted by Crippen LogP contribution is -2.10. The van der Waals surface area contributed by atoms with Crippen LogP contribution in [-0.2, 0) is 0 Å². The number of halogens is 2. The number of nitrogens with one attached hydrogen (secondary N) is 1. The maximum atomic E-state index is 12.4. The summed E-state index contributed by atoms with van der Waals surface area (Å²) in [7, 11) is 0. The van der Waals surface area contributed by atoms with Crippen LogP contribution in [0.25, 0.3) is 20.4 Å². The average Bonchev–Trinajstić information content (AvgIpc) is 3.10. The van der Waals surface area contributed by atoms with E-state index in [0.717, 1.165) is 14.9 Å². The molecule has 8 heteroatoms. The molecule has 4 aromatic rings. The molecule has 2 aromatic carbocycles. The zero-order valence-corrected chi connectivity index (χ0v) is 14.5. The van der Waals surface area contributed by atoms with Crippen molar-refractivity contribution in [2.24, 2.45) is 0 Å². The molecule has 0 unspecified atom stereocenters. The molecule has 0 radical (unpaired) electrons. The zero-order chi connectivity index (χ0) is 16.0. The van der Waals surface area contributed by atoms with Gasteiger partial charge in [0.2, 0.25) is 0 Å². The number of carbonyl (C=O) groups excluding carboxylic acids is 1. The minimum atomic E-state index is -0.285. The van der Waals surface area contributed by atoms with E-state index in [1.54, 1.807) is 12.1 Å². The maximum absolute atomic E-state index is 12.4. The van der Waals surface area contributed by atoms with Crippen LogP contribution in [0.5, 0.6) is 0 Å². The van der Waals surface area contributed by atoms with Gasteiger partial charge >= 0.3 is 0 Å². The van der Waals surface area contributed by atoms with Gasteiger partial charge in [-0.15, -0.1) is 11.3 Å². The van der Waals surface area contributed by atoms with Crippen LogP contribution < -0.4 is 5.32 Å². The van der Waals surface area contributed by atoms with Crippen LogP contribution in [0.3, 0.4) is 0 Å². The van der Waals surface area contributed by atoms with Gasteiger partial charge in [0, 0.05) is 5.02 Å². The van der Waals surface area contributed by atoms with Gasteiger partial charge in [0.25, 0.3) is 5.91 Å². The Morgan fingerprint density at radius 3 is 2.70 bits per heavy atom. The van der Waals surface area contributed by atoms with E-state index in [1.165, 1.54) is 22.7 Å². The smallest absolute Gasteiger partial charge is 0.286 e. The number of benzene rings is 2. The number of amides is 1. The fourth-order valence-corrected chi connectivity index (χ4v) is 4.57. The van der Waals surface area contributed by atoms with Crippen LogP contribution in [0.15, 0.2) is 36.4 Å². The van der Waals surface area contributed by atoms with Crippen molar-refractivity contribution in [3.8, 4) is 0 Å². The highest BCUT2D eigenvalue weighted by atomic mass is 35.5. The Balaban J connectivity index is 1.67. The van der Waals surface area contributed by atoms with Gasteiger partial charge in [-0.2, -0.15) is 0 Å². The highest BCUT2D eigenvalue weighted by Crippen LogP contribution is 2.34. The number of aromatic nitrogens is 2. The molecule has 2 heterocycles. The van der Waals surface area contributed by atoms with Gasteiger partial charge in [0.15, 0.2) is 10.1 Å². The third-order valence-corrected chi connectivity index (χ3v) is 5.58. The van der Waals surface area contributed by atoms with Crippen molar-refractivity contribution in [2.75, 3.05) is 5.32 Å². The molecule has 0 fully saturated rings. The quantitative estimate of drug-likeness (QED) is 0.502. The monoisotopic (exact) mass is 379 g/mol.